The molecule has 0 bridgehead atoms. The number of carbonyl (C=O) groups excluding carboxylic acids is 1. The number of carbonyl (C=O) groups is 1. The Morgan fingerprint density at radius 1 is 0.964 bits per heavy atom. The van der Waals surface area contributed by atoms with Crippen LogP contribution in [0, 0.1) is 0 Å². The van der Waals surface area contributed by atoms with Gasteiger partial charge in [-0.3, -0.25) is 9.78 Å². The summed E-state index contributed by atoms with van der Waals surface area (Å²) in [6, 6.07) is 22.7. The van der Waals surface area contributed by atoms with E-state index in [2.05, 4.69) is 15.3 Å². The smallest absolute Gasteiger partial charge is 0.252 e. The Hall–Kier alpha value is -3.73. The predicted octanol–water partition coefficient (Wildman–Crippen LogP) is 4.24. The summed E-state index contributed by atoms with van der Waals surface area (Å²) in [5.74, 6) is 0.641. The molecule has 2 aromatic carbocycles. The second-order valence-corrected chi connectivity index (χ2v) is 6.32. The summed E-state index contributed by atoms with van der Waals surface area (Å²) >= 11 is 0. The van der Waals surface area contributed by atoms with Gasteiger partial charge in [0.25, 0.3) is 5.91 Å². The fraction of sp³-hybridized carbons (Fsp3) is 0.0870. The lowest BCUT2D eigenvalue weighted by Gasteiger charge is -2.11. The van der Waals surface area contributed by atoms with Crippen molar-refractivity contribution in [2.24, 2.45) is 0 Å². The largest absolute Gasteiger partial charge is 0.497 e. The van der Waals surface area contributed by atoms with Crippen molar-refractivity contribution in [2.75, 3.05) is 7.11 Å². The second-order valence-electron chi connectivity index (χ2n) is 6.32. The van der Waals surface area contributed by atoms with Gasteiger partial charge in [-0.1, -0.05) is 36.4 Å². The summed E-state index contributed by atoms with van der Waals surface area (Å²) in [5.41, 5.74) is 3.75. The molecule has 4 rings (SSSR count). The van der Waals surface area contributed by atoms with Crippen LogP contribution >= 0.6 is 0 Å². The van der Waals surface area contributed by atoms with Crippen molar-refractivity contribution in [1.29, 1.82) is 0 Å². The number of rotatable bonds is 5. The molecule has 0 aliphatic carbocycles. The molecule has 0 atom stereocenters. The number of fused-ring (bicyclic) bond motifs is 1. The number of para-hydroxylation sites is 1. The zero-order valence-corrected chi connectivity index (χ0v) is 15.4. The molecule has 0 unspecified atom stereocenters. The SMILES string of the molecule is COc1ccc(CNC(=O)c2cc(-c3ccccn3)nc3ccccc23)cc1. The molecule has 5 nitrogen and oxygen atoms in total. The highest BCUT2D eigenvalue weighted by atomic mass is 16.5. The molecule has 0 saturated carbocycles. The van der Waals surface area contributed by atoms with E-state index in [9.17, 15) is 4.79 Å². The Balaban J connectivity index is 1.65. The van der Waals surface area contributed by atoms with Crippen molar-refractivity contribution in [3.8, 4) is 17.1 Å². The summed E-state index contributed by atoms with van der Waals surface area (Å²) in [7, 11) is 1.63. The van der Waals surface area contributed by atoms with Gasteiger partial charge in [0, 0.05) is 18.1 Å². The van der Waals surface area contributed by atoms with Gasteiger partial charge in [-0.15, -0.1) is 0 Å². The highest BCUT2D eigenvalue weighted by Crippen LogP contribution is 2.23. The monoisotopic (exact) mass is 369 g/mol. The number of nitrogens with one attached hydrogen (secondary N) is 1. The predicted molar refractivity (Wildman–Crippen MR) is 109 cm³/mol. The minimum Gasteiger partial charge on any atom is -0.497 e. The third kappa shape index (κ3) is 3.69. The van der Waals surface area contributed by atoms with Crippen LogP contribution in [-0.4, -0.2) is 23.0 Å². The van der Waals surface area contributed by atoms with Crippen molar-refractivity contribution in [3.63, 3.8) is 0 Å². The molecule has 2 aromatic heterocycles. The quantitative estimate of drug-likeness (QED) is 0.572. The van der Waals surface area contributed by atoms with Gasteiger partial charge < -0.3 is 10.1 Å². The number of ether oxygens (including phenoxy) is 1. The molecule has 1 amide bonds. The number of benzene rings is 2. The zero-order valence-electron chi connectivity index (χ0n) is 15.4. The summed E-state index contributed by atoms with van der Waals surface area (Å²) in [5, 5.41) is 3.81. The Kier molecular flexibility index (Phi) is 4.97. The van der Waals surface area contributed by atoms with Crippen molar-refractivity contribution in [1.82, 2.24) is 15.3 Å². The molecular formula is C23H19N3O2. The molecule has 0 aliphatic heterocycles. The van der Waals surface area contributed by atoms with Crippen LogP contribution < -0.4 is 10.1 Å². The summed E-state index contributed by atoms with van der Waals surface area (Å²) in [6.07, 6.45) is 1.72. The Morgan fingerprint density at radius 2 is 1.75 bits per heavy atom. The van der Waals surface area contributed by atoms with Crippen LogP contribution in [0.3, 0.4) is 0 Å². The van der Waals surface area contributed by atoms with Crippen molar-refractivity contribution in [2.45, 2.75) is 6.54 Å². The van der Waals surface area contributed by atoms with Crippen LogP contribution in [0.4, 0.5) is 0 Å². The van der Waals surface area contributed by atoms with Crippen molar-refractivity contribution in [3.05, 3.63) is 90.1 Å². The van der Waals surface area contributed by atoms with E-state index in [1.807, 2.05) is 66.7 Å². The molecule has 138 valence electrons. The number of hydrogen-bond donors (Lipinski definition) is 1. The summed E-state index contributed by atoms with van der Waals surface area (Å²) < 4.78 is 5.17. The van der Waals surface area contributed by atoms with Crippen LogP contribution in [0.5, 0.6) is 5.75 Å². The van der Waals surface area contributed by atoms with Gasteiger partial charge in [-0.2, -0.15) is 0 Å². The van der Waals surface area contributed by atoms with Gasteiger partial charge in [-0.05, 0) is 42.0 Å². The molecule has 5 heteroatoms. The highest BCUT2D eigenvalue weighted by Gasteiger charge is 2.14. The molecule has 4 aromatic rings. The third-order valence-corrected chi connectivity index (χ3v) is 4.50. The number of hydrogen-bond acceptors (Lipinski definition) is 4. The van der Waals surface area contributed by atoms with Crippen molar-refractivity contribution < 1.29 is 9.53 Å². The molecule has 0 saturated heterocycles. The van der Waals surface area contributed by atoms with E-state index in [0.29, 0.717) is 17.8 Å². The lowest BCUT2D eigenvalue weighted by atomic mass is 10.1. The maximum atomic E-state index is 13.0. The Morgan fingerprint density at radius 3 is 2.50 bits per heavy atom. The maximum Gasteiger partial charge on any atom is 0.252 e. The topological polar surface area (TPSA) is 64.1 Å². The molecule has 0 aliphatic rings. The molecular weight excluding hydrogens is 350 g/mol. The molecule has 2 heterocycles. The normalized spacial score (nSPS) is 10.6. The average Bonchev–Trinajstić information content (AvgIpc) is 2.77. The third-order valence-electron chi connectivity index (χ3n) is 4.50. The number of pyridine rings is 2. The first kappa shape index (κ1) is 17.7. The van der Waals surface area contributed by atoms with E-state index in [-0.39, 0.29) is 5.91 Å². The Labute approximate surface area is 163 Å². The second kappa shape index (κ2) is 7.88. The van der Waals surface area contributed by atoms with Gasteiger partial charge in [0.2, 0.25) is 0 Å². The van der Waals surface area contributed by atoms with Gasteiger partial charge in [-0.25, -0.2) is 4.98 Å². The summed E-state index contributed by atoms with van der Waals surface area (Å²) in [6.45, 7) is 0.429. The maximum absolute atomic E-state index is 13.0. The van der Waals surface area contributed by atoms with E-state index in [1.54, 1.807) is 19.4 Å². The van der Waals surface area contributed by atoms with Crippen LogP contribution in [0.2, 0.25) is 0 Å². The van der Waals surface area contributed by atoms with Gasteiger partial charge >= 0.3 is 0 Å². The lowest BCUT2D eigenvalue weighted by Crippen LogP contribution is -2.23. The molecule has 28 heavy (non-hydrogen) atoms. The van der Waals surface area contributed by atoms with E-state index >= 15 is 0 Å². The van der Waals surface area contributed by atoms with Crippen LogP contribution in [0.25, 0.3) is 22.3 Å². The van der Waals surface area contributed by atoms with E-state index in [0.717, 1.165) is 27.9 Å². The number of methoxy groups -OCH3 is 1. The van der Waals surface area contributed by atoms with Gasteiger partial charge in [0.05, 0.1) is 29.6 Å². The van der Waals surface area contributed by atoms with Gasteiger partial charge in [0.15, 0.2) is 0 Å². The van der Waals surface area contributed by atoms with E-state index < -0.39 is 0 Å². The number of nitrogens with zero attached hydrogens (tertiary/aromatic N) is 2. The minimum absolute atomic E-state index is 0.147. The van der Waals surface area contributed by atoms with Crippen LogP contribution in [0.1, 0.15) is 15.9 Å². The molecule has 1 N–H and O–H groups in total. The fourth-order valence-corrected chi connectivity index (χ4v) is 3.03. The number of aromatic nitrogens is 2. The first-order valence-corrected chi connectivity index (χ1v) is 8.97. The molecule has 0 radical (unpaired) electrons. The fourth-order valence-electron chi connectivity index (χ4n) is 3.03. The summed E-state index contributed by atoms with van der Waals surface area (Å²) in [4.78, 5) is 22.0. The van der Waals surface area contributed by atoms with Crippen LogP contribution in [-0.2, 0) is 6.54 Å². The first-order chi connectivity index (χ1) is 13.7. The zero-order chi connectivity index (χ0) is 19.3. The average molecular weight is 369 g/mol. The van der Waals surface area contributed by atoms with Crippen molar-refractivity contribution >= 4 is 16.8 Å². The van der Waals surface area contributed by atoms with Crippen LogP contribution in [0.15, 0.2) is 79.0 Å². The highest BCUT2D eigenvalue weighted by molar-refractivity contribution is 6.07. The standard InChI is InChI=1S/C23H19N3O2/c1-28-17-11-9-16(10-12-17)15-25-23(27)19-14-22(21-8-4-5-13-24-21)26-20-7-3-2-6-18(19)20/h2-14H,15H2,1H3,(H,25,27). The lowest BCUT2D eigenvalue weighted by molar-refractivity contribution is 0.0952. The van der Waals surface area contributed by atoms with Gasteiger partial charge in [0.1, 0.15) is 5.75 Å². The van der Waals surface area contributed by atoms with E-state index in [4.69, 9.17) is 4.74 Å². The molecule has 0 spiro atoms. The van der Waals surface area contributed by atoms with E-state index in [1.165, 1.54) is 0 Å². The Bertz CT molecular complexity index is 1110. The minimum atomic E-state index is -0.147. The molecule has 0 fully saturated rings. The number of amides is 1. The first-order valence-electron chi connectivity index (χ1n) is 8.97.